The van der Waals surface area contributed by atoms with Crippen LogP contribution in [0.3, 0.4) is 0 Å². The van der Waals surface area contributed by atoms with Gasteiger partial charge in [-0.3, -0.25) is 23.5 Å². The minimum atomic E-state index is -5.58. The molecule has 0 unspecified atom stereocenters. The number of nitrogens with zero attached hydrogens (tertiary/aromatic N) is 1. The smallest absolute Gasteiger partial charge is 0.369 e. The third kappa shape index (κ3) is 11.6. The first-order valence-corrected chi connectivity index (χ1v) is 16.2. The number of hydrogen-bond acceptors (Lipinski definition) is 8. The van der Waals surface area contributed by atoms with Gasteiger partial charge >= 0.3 is 15.2 Å². The van der Waals surface area contributed by atoms with Gasteiger partial charge in [0.2, 0.25) is 17.7 Å². The summed E-state index contributed by atoms with van der Waals surface area (Å²) in [4.78, 5) is 74.4. The van der Waals surface area contributed by atoms with Crippen molar-refractivity contribution in [1.29, 1.82) is 0 Å². The van der Waals surface area contributed by atoms with Crippen molar-refractivity contribution in [1.82, 2.24) is 16.0 Å². The average Bonchev–Trinajstić information content (AvgIpc) is 2.87. The van der Waals surface area contributed by atoms with Crippen LogP contribution in [0.1, 0.15) is 18.4 Å². The number of benzene rings is 1. The van der Waals surface area contributed by atoms with Crippen LogP contribution >= 0.6 is 38.4 Å². The summed E-state index contributed by atoms with van der Waals surface area (Å²) in [5, 5.41) is 13.1. The van der Waals surface area contributed by atoms with E-state index in [0.717, 1.165) is 11.3 Å². The second-order valence-corrected chi connectivity index (χ2v) is 13.4. The minimum absolute atomic E-state index is 0.209. The van der Waals surface area contributed by atoms with Crippen molar-refractivity contribution in [2.75, 3.05) is 49.4 Å². The molecule has 1 aromatic rings. The zero-order valence-corrected chi connectivity index (χ0v) is 24.7. The number of halogens is 2. The van der Waals surface area contributed by atoms with E-state index in [1.165, 1.54) is 0 Å². The molecular weight excluding hydrogens is 615 g/mol. The van der Waals surface area contributed by atoms with E-state index in [9.17, 15) is 28.6 Å². The molecule has 0 aliphatic carbocycles. The Kier molecular flexibility index (Phi) is 15.1. The summed E-state index contributed by atoms with van der Waals surface area (Å²) < 4.78 is 22.6. The molecule has 0 aliphatic rings. The highest BCUT2D eigenvalue weighted by Crippen LogP contribution is 2.69. The minimum Gasteiger partial charge on any atom is -0.369 e. The maximum absolute atomic E-state index is 12.3. The van der Waals surface area contributed by atoms with Gasteiger partial charge in [0.1, 0.15) is 0 Å². The predicted octanol–water partition coefficient (Wildman–Crippen LogP) is -1.03. The Labute approximate surface area is 241 Å². The fourth-order valence-electron chi connectivity index (χ4n) is 3.38. The van der Waals surface area contributed by atoms with Crippen LogP contribution in [-0.4, -0.2) is 98.0 Å². The van der Waals surface area contributed by atoms with Gasteiger partial charge in [0.05, 0.1) is 19.1 Å². The highest BCUT2D eigenvalue weighted by molar-refractivity contribution is 7.72. The molecule has 0 radical (unpaired) electrons. The lowest BCUT2D eigenvalue weighted by Gasteiger charge is -2.29. The van der Waals surface area contributed by atoms with Crippen LogP contribution in [0.5, 0.6) is 0 Å². The summed E-state index contributed by atoms with van der Waals surface area (Å²) in [5.74, 6) is -1.13. The van der Waals surface area contributed by atoms with E-state index >= 15 is 0 Å². The Morgan fingerprint density at radius 2 is 1.40 bits per heavy atom. The zero-order valence-electron chi connectivity index (χ0n) is 21.4. The van der Waals surface area contributed by atoms with E-state index in [0.29, 0.717) is 24.8 Å². The van der Waals surface area contributed by atoms with Gasteiger partial charge in [0.25, 0.3) is 5.08 Å². The number of hydrogen-bond donors (Lipinski definition) is 9. The largest absolute Gasteiger partial charge is 0.369 e. The van der Waals surface area contributed by atoms with E-state index in [4.69, 9.17) is 48.5 Å². The normalized spacial score (nSPS) is 12.9. The number of aliphatic hydroxyl groups is 1. The first-order valence-electron chi connectivity index (χ1n) is 11.9. The van der Waals surface area contributed by atoms with Gasteiger partial charge in [-0.25, -0.2) is 0 Å². The molecule has 0 spiro atoms. The van der Waals surface area contributed by atoms with Crippen LogP contribution in [0.15, 0.2) is 24.3 Å². The molecular formula is C21H35Cl2N5O10P2. The van der Waals surface area contributed by atoms with E-state index in [-0.39, 0.29) is 19.4 Å². The Morgan fingerprint density at radius 1 is 0.900 bits per heavy atom. The topological polar surface area (TPSA) is 252 Å². The van der Waals surface area contributed by atoms with Crippen LogP contribution < -0.4 is 26.6 Å². The number of amides is 3. The summed E-state index contributed by atoms with van der Waals surface area (Å²) in [6, 6.07) is 6.44. The van der Waals surface area contributed by atoms with E-state index in [2.05, 4.69) is 16.0 Å². The fourth-order valence-corrected chi connectivity index (χ4v) is 6.04. The highest BCUT2D eigenvalue weighted by atomic mass is 35.5. The first-order chi connectivity index (χ1) is 18.6. The van der Waals surface area contributed by atoms with Gasteiger partial charge in [-0.15, -0.1) is 23.2 Å². The lowest BCUT2D eigenvalue weighted by Crippen LogP contribution is -2.47. The van der Waals surface area contributed by atoms with Gasteiger partial charge in [0, 0.05) is 43.5 Å². The molecule has 40 heavy (non-hydrogen) atoms. The fraction of sp³-hybridized carbons (Fsp3) is 0.571. The number of nitrogens with two attached hydrogens (primary N) is 1. The van der Waals surface area contributed by atoms with Gasteiger partial charge in [-0.2, -0.15) is 0 Å². The molecule has 0 aliphatic heterocycles. The molecule has 0 bridgehead atoms. The quantitative estimate of drug-likeness (QED) is 0.0526. The van der Waals surface area contributed by atoms with Crippen LogP contribution in [0.2, 0.25) is 0 Å². The molecule has 0 fully saturated rings. The SMILES string of the molecule is N[C@@H](Cc1ccc(N(CCCl)CCCl)cc1)C(=O)NCC(=O)NCC(=O)NCCCC(O)(P(=O)(O)O)P(=O)(O)O. The van der Waals surface area contributed by atoms with Gasteiger partial charge < -0.3 is 51.3 Å². The Balaban J connectivity index is 2.40. The number of alkyl halides is 2. The molecule has 10 N–H and O–H groups in total. The van der Waals surface area contributed by atoms with Crippen LogP contribution in [0.25, 0.3) is 0 Å². The zero-order chi connectivity index (χ0) is 30.6. The van der Waals surface area contributed by atoms with Crippen LogP contribution in [0, 0.1) is 0 Å². The van der Waals surface area contributed by atoms with Gasteiger partial charge in [0.15, 0.2) is 0 Å². The number of nitrogens with one attached hydrogen (secondary N) is 3. The number of rotatable bonds is 18. The Hall–Kier alpha value is -1.77. The second-order valence-electron chi connectivity index (χ2n) is 8.65. The highest BCUT2D eigenvalue weighted by Gasteiger charge is 2.58. The third-order valence-electron chi connectivity index (χ3n) is 5.62. The maximum Gasteiger partial charge on any atom is 0.369 e. The lowest BCUT2D eigenvalue weighted by atomic mass is 10.1. The van der Waals surface area contributed by atoms with Gasteiger partial charge in [-0.1, -0.05) is 12.1 Å². The van der Waals surface area contributed by atoms with E-state index in [1.807, 2.05) is 29.2 Å². The molecule has 0 aromatic heterocycles. The third-order valence-corrected chi connectivity index (χ3v) is 9.83. The Bertz CT molecular complexity index is 1060. The first kappa shape index (κ1) is 36.3. The second kappa shape index (κ2) is 16.6. The molecule has 19 heteroatoms. The van der Waals surface area contributed by atoms with E-state index in [1.54, 1.807) is 0 Å². The summed E-state index contributed by atoms with van der Waals surface area (Å²) in [6.45, 7) is -0.0210. The standard InChI is InChI=1S/C21H35Cl2N5O10P2/c22-7-10-28(11-8-23)16-4-2-15(3-5-16)12-17(24)20(31)27-14-19(30)26-13-18(29)25-9-1-6-21(32,39(33,34)35)40(36,37)38/h2-5,17,32H,1,6-14,24H2,(H,25,29)(H,26,30)(H,27,31)(H2,33,34,35)(H2,36,37,38)/t17-/m0/s1. The molecule has 0 saturated carbocycles. The molecule has 15 nitrogen and oxygen atoms in total. The van der Waals surface area contributed by atoms with Crippen molar-refractivity contribution in [3.05, 3.63) is 29.8 Å². The monoisotopic (exact) mass is 649 g/mol. The van der Waals surface area contributed by atoms with Gasteiger partial charge in [-0.05, 0) is 30.5 Å². The van der Waals surface area contributed by atoms with Crippen molar-refractivity contribution in [2.24, 2.45) is 5.73 Å². The van der Waals surface area contributed by atoms with Crippen molar-refractivity contribution in [2.45, 2.75) is 30.4 Å². The van der Waals surface area contributed by atoms with Crippen LogP contribution in [-0.2, 0) is 29.9 Å². The lowest BCUT2D eigenvalue weighted by molar-refractivity contribution is -0.128. The van der Waals surface area contributed by atoms with Crippen molar-refractivity contribution >= 4 is 61.8 Å². The van der Waals surface area contributed by atoms with Crippen LogP contribution in [0.4, 0.5) is 5.69 Å². The number of carbonyl (C=O) groups excluding carboxylic acids is 3. The maximum atomic E-state index is 12.3. The van der Waals surface area contributed by atoms with E-state index < -0.39 is 63.5 Å². The molecule has 1 rings (SSSR count). The van der Waals surface area contributed by atoms with Crippen molar-refractivity contribution < 1.29 is 48.2 Å². The molecule has 1 aromatic carbocycles. The average molecular weight is 650 g/mol. The Morgan fingerprint density at radius 3 is 1.90 bits per heavy atom. The summed E-state index contributed by atoms with van der Waals surface area (Å²) in [7, 11) is -11.2. The summed E-state index contributed by atoms with van der Waals surface area (Å²) in [5.41, 5.74) is 7.65. The molecule has 1 atom stereocenters. The molecule has 0 saturated heterocycles. The summed E-state index contributed by atoms with van der Waals surface area (Å²) in [6.07, 6.45) is -1.17. The molecule has 0 heterocycles. The predicted molar refractivity (Wildman–Crippen MR) is 149 cm³/mol. The number of anilines is 1. The summed E-state index contributed by atoms with van der Waals surface area (Å²) >= 11 is 11.6. The van der Waals surface area contributed by atoms with Crippen molar-refractivity contribution in [3.8, 4) is 0 Å². The molecule has 228 valence electrons. The molecule has 3 amide bonds. The number of carbonyl (C=O) groups is 3. The van der Waals surface area contributed by atoms with Crippen molar-refractivity contribution in [3.63, 3.8) is 0 Å².